The summed E-state index contributed by atoms with van der Waals surface area (Å²) in [6.07, 6.45) is 3.82. The molecule has 8 heteroatoms. The van der Waals surface area contributed by atoms with Gasteiger partial charge < -0.3 is 15.4 Å². The molecule has 0 aliphatic heterocycles. The molecule has 0 bridgehead atoms. The maximum absolute atomic E-state index is 10.5. The van der Waals surface area contributed by atoms with E-state index in [2.05, 4.69) is 20.9 Å². The average Bonchev–Trinajstić information content (AvgIpc) is 2.82. The van der Waals surface area contributed by atoms with Crippen LogP contribution in [0.4, 0.5) is 0 Å². The van der Waals surface area contributed by atoms with E-state index in [0.717, 1.165) is 0 Å². The van der Waals surface area contributed by atoms with E-state index in [9.17, 15) is 9.59 Å². The Morgan fingerprint density at radius 1 is 1.27 bits per heavy atom. The summed E-state index contributed by atoms with van der Waals surface area (Å²) in [5, 5.41) is 13.3. The minimum atomic E-state index is -0.416. The van der Waals surface area contributed by atoms with Crippen molar-refractivity contribution < 1.29 is 14.3 Å². The van der Waals surface area contributed by atoms with Crippen LogP contribution >= 0.6 is 0 Å². The Morgan fingerprint density at radius 2 is 2.00 bits per heavy atom. The van der Waals surface area contributed by atoms with Gasteiger partial charge in [-0.25, -0.2) is 4.68 Å². The normalized spacial score (nSPS) is 12.0. The molecule has 2 amide bonds. The molecule has 22 heavy (non-hydrogen) atoms. The zero-order valence-corrected chi connectivity index (χ0v) is 13.6. The van der Waals surface area contributed by atoms with E-state index in [1.807, 2.05) is 27.7 Å². The van der Waals surface area contributed by atoms with E-state index in [0.29, 0.717) is 44.6 Å². The van der Waals surface area contributed by atoms with Gasteiger partial charge in [0.05, 0.1) is 24.9 Å². The fraction of sp³-hybridized carbons (Fsp3) is 0.714. The van der Waals surface area contributed by atoms with Gasteiger partial charge in [0.25, 0.3) is 0 Å². The smallest absolute Gasteiger partial charge is 0.207 e. The van der Waals surface area contributed by atoms with E-state index in [4.69, 9.17) is 4.74 Å². The minimum absolute atomic E-state index is 0.293. The molecule has 1 aromatic rings. The van der Waals surface area contributed by atoms with Crippen LogP contribution in [-0.2, 0) is 27.4 Å². The molecule has 1 rings (SSSR count). The predicted molar refractivity (Wildman–Crippen MR) is 80.9 cm³/mol. The first-order valence-electron chi connectivity index (χ1n) is 7.19. The number of aromatic nitrogens is 3. The van der Waals surface area contributed by atoms with Gasteiger partial charge in [-0.2, -0.15) is 0 Å². The van der Waals surface area contributed by atoms with Crippen LogP contribution in [-0.4, -0.2) is 45.6 Å². The largest absolute Gasteiger partial charge is 0.374 e. The number of carbonyl (C=O) groups excluding carboxylic acids is 2. The maximum Gasteiger partial charge on any atom is 0.207 e. The van der Waals surface area contributed by atoms with Crippen molar-refractivity contribution in [2.45, 2.75) is 58.3 Å². The SMILES string of the molecule is CC(C)(CCOC(C)(C)Cn1cc(CNC=O)nn1)NC=O. The van der Waals surface area contributed by atoms with Gasteiger partial charge in [-0.1, -0.05) is 5.21 Å². The highest BCUT2D eigenvalue weighted by molar-refractivity contribution is 5.47. The van der Waals surface area contributed by atoms with Crippen molar-refractivity contribution in [2.24, 2.45) is 0 Å². The topological polar surface area (TPSA) is 98.1 Å². The molecule has 0 saturated heterocycles. The van der Waals surface area contributed by atoms with Crippen LogP contribution in [0.1, 0.15) is 39.8 Å². The summed E-state index contributed by atoms with van der Waals surface area (Å²) in [5.41, 5.74) is -0.0155. The zero-order valence-electron chi connectivity index (χ0n) is 13.6. The summed E-state index contributed by atoms with van der Waals surface area (Å²) in [5.74, 6) is 0. The van der Waals surface area contributed by atoms with Crippen LogP contribution in [0, 0.1) is 0 Å². The highest BCUT2D eigenvalue weighted by Crippen LogP contribution is 2.15. The lowest BCUT2D eigenvalue weighted by molar-refractivity contribution is -0.111. The Hall–Kier alpha value is -1.96. The summed E-state index contributed by atoms with van der Waals surface area (Å²) in [4.78, 5) is 20.7. The van der Waals surface area contributed by atoms with Gasteiger partial charge in [0.1, 0.15) is 5.69 Å². The Labute approximate surface area is 130 Å². The standard InChI is InChI=1S/C14H25N5O3/c1-13(2,16-11-21)5-6-22-14(3,4)9-19-8-12(17-18-19)7-15-10-20/h8,10-11H,5-7,9H2,1-4H3,(H,15,20)(H,16,21). The number of ether oxygens (including phenoxy) is 1. The summed E-state index contributed by atoms with van der Waals surface area (Å²) >= 11 is 0. The first-order valence-corrected chi connectivity index (χ1v) is 7.19. The van der Waals surface area contributed by atoms with Gasteiger partial charge in [0.2, 0.25) is 12.8 Å². The van der Waals surface area contributed by atoms with Crippen molar-refractivity contribution in [3.05, 3.63) is 11.9 Å². The monoisotopic (exact) mass is 311 g/mol. The number of rotatable bonds is 11. The summed E-state index contributed by atoms with van der Waals surface area (Å²) in [6, 6.07) is 0. The number of hydrogen-bond donors (Lipinski definition) is 2. The second-order valence-corrected chi connectivity index (χ2v) is 6.41. The summed E-state index contributed by atoms with van der Waals surface area (Å²) in [7, 11) is 0. The Morgan fingerprint density at radius 3 is 2.64 bits per heavy atom. The predicted octanol–water partition coefficient (Wildman–Crippen LogP) is 0.234. The fourth-order valence-corrected chi connectivity index (χ4v) is 1.89. The lowest BCUT2D eigenvalue weighted by atomic mass is 10.0. The number of nitrogens with zero attached hydrogens (tertiary/aromatic N) is 3. The van der Waals surface area contributed by atoms with E-state index >= 15 is 0 Å². The van der Waals surface area contributed by atoms with Gasteiger partial charge in [-0.3, -0.25) is 9.59 Å². The molecule has 0 aromatic carbocycles. The number of amides is 2. The van der Waals surface area contributed by atoms with E-state index < -0.39 is 5.60 Å². The molecule has 0 fully saturated rings. The first kappa shape index (κ1) is 18.1. The molecule has 1 heterocycles. The Kier molecular flexibility index (Phi) is 6.48. The van der Waals surface area contributed by atoms with Crippen molar-refractivity contribution in [2.75, 3.05) is 6.61 Å². The summed E-state index contributed by atoms with van der Waals surface area (Å²) in [6.45, 7) is 9.26. The van der Waals surface area contributed by atoms with E-state index in [1.54, 1.807) is 10.9 Å². The first-order chi connectivity index (χ1) is 10.3. The zero-order chi connectivity index (χ0) is 16.6. The van der Waals surface area contributed by atoms with Gasteiger partial charge in [-0.15, -0.1) is 5.10 Å². The highest BCUT2D eigenvalue weighted by Gasteiger charge is 2.23. The Balaban J connectivity index is 2.44. The molecule has 0 radical (unpaired) electrons. The molecule has 0 aliphatic rings. The van der Waals surface area contributed by atoms with Crippen LogP contribution < -0.4 is 10.6 Å². The van der Waals surface area contributed by atoms with E-state index in [-0.39, 0.29) is 5.54 Å². The molecule has 0 unspecified atom stereocenters. The second-order valence-electron chi connectivity index (χ2n) is 6.41. The molecule has 0 spiro atoms. The highest BCUT2D eigenvalue weighted by atomic mass is 16.5. The van der Waals surface area contributed by atoms with Crippen molar-refractivity contribution in [1.82, 2.24) is 25.6 Å². The third-order valence-corrected chi connectivity index (χ3v) is 3.16. The quantitative estimate of drug-likeness (QED) is 0.570. The number of nitrogens with one attached hydrogen (secondary N) is 2. The second kappa shape index (κ2) is 7.88. The van der Waals surface area contributed by atoms with Crippen molar-refractivity contribution in [3.8, 4) is 0 Å². The van der Waals surface area contributed by atoms with Crippen molar-refractivity contribution in [3.63, 3.8) is 0 Å². The molecular weight excluding hydrogens is 286 g/mol. The molecule has 8 nitrogen and oxygen atoms in total. The number of hydrogen-bond acceptors (Lipinski definition) is 5. The van der Waals surface area contributed by atoms with Crippen LogP contribution in [0.5, 0.6) is 0 Å². The fourth-order valence-electron chi connectivity index (χ4n) is 1.89. The molecule has 0 atom stereocenters. The third kappa shape index (κ3) is 6.66. The molecule has 1 aromatic heterocycles. The van der Waals surface area contributed by atoms with Gasteiger partial charge >= 0.3 is 0 Å². The summed E-state index contributed by atoms with van der Waals surface area (Å²) < 4.78 is 7.58. The van der Waals surface area contributed by atoms with Gasteiger partial charge in [0, 0.05) is 12.1 Å². The van der Waals surface area contributed by atoms with Crippen molar-refractivity contribution in [1.29, 1.82) is 0 Å². The Bertz CT molecular complexity index is 485. The number of carbonyl (C=O) groups is 2. The average molecular weight is 311 g/mol. The van der Waals surface area contributed by atoms with Crippen LogP contribution in [0.25, 0.3) is 0 Å². The molecule has 0 saturated carbocycles. The molecule has 2 N–H and O–H groups in total. The molecule has 0 aliphatic carbocycles. The lowest BCUT2D eigenvalue weighted by Crippen LogP contribution is -2.40. The van der Waals surface area contributed by atoms with Crippen molar-refractivity contribution >= 4 is 12.8 Å². The molecular formula is C14H25N5O3. The van der Waals surface area contributed by atoms with Crippen LogP contribution in [0.3, 0.4) is 0 Å². The lowest BCUT2D eigenvalue weighted by Gasteiger charge is -2.29. The third-order valence-electron chi connectivity index (χ3n) is 3.16. The van der Waals surface area contributed by atoms with E-state index in [1.165, 1.54) is 0 Å². The van der Waals surface area contributed by atoms with Crippen LogP contribution in [0.15, 0.2) is 6.20 Å². The van der Waals surface area contributed by atoms with Gasteiger partial charge in [-0.05, 0) is 34.1 Å². The van der Waals surface area contributed by atoms with Gasteiger partial charge in [0.15, 0.2) is 0 Å². The maximum atomic E-state index is 10.5. The van der Waals surface area contributed by atoms with Crippen LogP contribution in [0.2, 0.25) is 0 Å². The molecule has 124 valence electrons. The minimum Gasteiger partial charge on any atom is -0.374 e.